The third kappa shape index (κ3) is 5.52. The number of carbonyl (C=O) groups excluding carboxylic acids is 2. The van der Waals surface area contributed by atoms with Gasteiger partial charge in [-0.05, 0) is 54.9 Å². The molecule has 3 N–H and O–H groups in total. The second kappa shape index (κ2) is 10.9. The lowest BCUT2D eigenvalue weighted by Gasteiger charge is -2.56. The summed E-state index contributed by atoms with van der Waals surface area (Å²) in [7, 11) is 3.13. The molecule has 2 fully saturated rings. The Morgan fingerprint density at radius 2 is 1.91 bits per heavy atom. The first-order valence-electron chi connectivity index (χ1n) is 12.1. The van der Waals surface area contributed by atoms with Crippen LogP contribution < -0.4 is 15.4 Å². The first-order valence-corrected chi connectivity index (χ1v) is 12.1. The molecule has 0 heterocycles. The van der Waals surface area contributed by atoms with Gasteiger partial charge in [0.25, 0.3) is 0 Å². The highest BCUT2D eigenvalue weighted by Crippen LogP contribution is 2.55. The van der Waals surface area contributed by atoms with Crippen molar-refractivity contribution in [3.8, 4) is 5.75 Å². The number of amides is 2. The summed E-state index contributed by atoms with van der Waals surface area (Å²) in [6.07, 6.45) is 3.07. The molecule has 7 nitrogen and oxygen atoms in total. The van der Waals surface area contributed by atoms with E-state index in [1.54, 1.807) is 7.11 Å². The van der Waals surface area contributed by atoms with E-state index < -0.39 is 6.10 Å². The summed E-state index contributed by atoms with van der Waals surface area (Å²) in [6.45, 7) is 6.73. The molecule has 33 heavy (non-hydrogen) atoms. The van der Waals surface area contributed by atoms with Crippen LogP contribution in [0.3, 0.4) is 0 Å². The van der Waals surface area contributed by atoms with Gasteiger partial charge in [0.15, 0.2) is 0 Å². The smallest absolute Gasteiger partial charge is 0.246 e. The molecular weight excluding hydrogens is 420 g/mol. The quantitative estimate of drug-likeness (QED) is 0.554. The standard InChI is InChI=1S/C26H40N2O5/c1-16(25(31)27-14-18-8-6-7-9-21(18)33-5)19-10-12-26(3)13-11-20(28-22(29)15-32-4)17(2)23(26)24(19)30/h6-9,16-17,19-20,23-24,30H,10-15H2,1-5H3,(H,27,31)(H,28,29)/t16-,17-,19+,20-,23+,24-,26+/m0/s1. The van der Waals surface area contributed by atoms with Crippen molar-refractivity contribution in [3.05, 3.63) is 29.8 Å². The highest BCUT2D eigenvalue weighted by molar-refractivity contribution is 5.79. The van der Waals surface area contributed by atoms with Crippen molar-refractivity contribution in [2.45, 2.75) is 65.1 Å². The number of aliphatic hydroxyl groups is 1. The van der Waals surface area contributed by atoms with Crippen LogP contribution in [0.25, 0.3) is 0 Å². The number of rotatable bonds is 8. The van der Waals surface area contributed by atoms with Gasteiger partial charge in [0.05, 0.1) is 13.2 Å². The summed E-state index contributed by atoms with van der Waals surface area (Å²) in [5.74, 6) is 0.294. The van der Waals surface area contributed by atoms with Gasteiger partial charge in [0.1, 0.15) is 12.4 Å². The number of benzene rings is 1. The average molecular weight is 461 g/mol. The fraction of sp³-hybridized carbons (Fsp3) is 0.692. The van der Waals surface area contributed by atoms with Crippen LogP contribution in [0.4, 0.5) is 0 Å². The first-order chi connectivity index (χ1) is 15.7. The number of methoxy groups -OCH3 is 2. The number of ether oxygens (including phenoxy) is 2. The molecule has 7 atom stereocenters. The van der Waals surface area contributed by atoms with E-state index in [-0.39, 0.29) is 53.5 Å². The van der Waals surface area contributed by atoms with Crippen molar-refractivity contribution >= 4 is 11.8 Å². The summed E-state index contributed by atoms with van der Waals surface area (Å²) >= 11 is 0. The zero-order valence-corrected chi connectivity index (χ0v) is 20.6. The van der Waals surface area contributed by atoms with E-state index in [0.717, 1.165) is 37.0 Å². The SMILES string of the molecule is COCC(=O)N[C@H]1CC[C@@]2(C)CC[C@H]([C@H](C)C(=O)NCc3ccccc3OC)[C@H](O)[C@H]2[C@H]1C. The number of hydrogen-bond donors (Lipinski definition) is 3. The summed E-state index contributed by atoms with van der Waals surface area (Å²) in [5, 5.41) is 17.6. The van der Waals surface area contributed by atoms with E-state index in [2.05, 4.69) is 24.5 Å². The van der Waals surface area contributed by atoms with E-state index >= 15 is 0 Å². The fourth-order valence-corrected chi connectivity index (χ4v) is 6.26. The van der Waals surface area contributed by atoms with Crippen LogP contribution in [-0.2, 0) is 20.9 Å². The van der Waals surface area contributed by atoms with Crippen LogP contribution in [-0.4, -0.2) is 49.9 Å². The minimum atomic E-state index is -0.590. The van der Waals surface area contributed by atoms with Gasteiger partial charge in [0.2, 0.25) is 11.8 Å². The molecule has 1 aromatic carbocycles. The van der Waals surface area contributed by atoms with Crippen LogP contribution in [0.2, 0.25) is 0 Å². The van der Waals surface area contributed by atoms with Gasteiger partial charge in [0, 0.05) is 31.2 Å². The second-order valence-corrected chi connectivity index (χ2v) is 10.2. The Kier molecular flexibility index (Phi) is 8.40. The molecule has 2 saturated carbocycles. The maximum absolute atomic E-state index is 13.0. The third-order valence-electron chi connectivity index (χ3n) is 8.21. The molecule has 3 rings (SSSR count). The lowest BCUT2D eigenvalue weighted by Crippen LogP contribution is -2.58. The number of carbonyl (C=O) groups is 2. The summed E-state index contributed by atoms with van der Waals surface area (Å²) in [4.78, 5) is 25.1. The molecule has 0 bridgehead atoms. The highest BCUT2D eigenvalue weighted by Gasteiger charge is 2.53. The van der Waals surface area contributed by atoms with Gasteiger partial charge >= 0.3 is 0 Å². The highest BCUT2D eigenvalue weighted by atomic mass is 16.5. The zero-order valence-electron chi connectivity index (χ0n) is 20.6. The topological polar surface area (TPSA) is 96.9 Å². The molecule has 0 aliphatic heterocycles. The molecule has 1 aromatic rings. The van der Waals surface area contributed by atoms with E-state index in [1.165, 1.54) is 7.11 Å². The van der Waals surface area contributed by atoms with Crippen LogP contribution >= 0.6 is 0 Å². The number of nitrogens with one attached hydrogen (secondary N) is 2. The summed E-state index contributed by atoms with van der Waals surface area (Å²) in [5.41, 5.74) is 0.943. The Morgan fingerprint density at radius 1 is 1.21 bits per heavy atom. The van der Waals surface area contributed by atoms with Crippen molar-refractivity contribution in [3.63, 3.8) is 0 Å². The molecule has 184 valence electrons. The molecule has 0 spiro atoms. The maximum atomic E-state index is 13.0. The molecule has 2 aliphatic carbocycles. The molecule has 2 aliphatic rings. The number of para-hydroxylation sites is 1. The Bertz CT molecular complexity index is 831. The van der Waals surface area contributed by atoms with E-state index in [1.807, 2.05) is 31.2 Å². The van der Waals surface area contributed by atoms with Gasteiger partial charge in [-0.25, -0.2) is 0 Å². The van der Waals surface area contributed by atoms with Crippen molar-refractivity contribution in [2.24, 2.45) is 29.1 Å². The van der Waals surface area contributed by atoms with Crippen molar-refractivity contribution in [2.75, 3.05) is 20.8 Å². The lowest BCUT2D eigenvalue weighted by molar-refractivity contribution is -0.144. The Balaban J connectivity index is 1.67. The minimum absolute atomic E-state index is 0.00815. The first kappa shape index (κ1) is 25.5. The summed E-state index contributed by atoms with van der Waals surface area (Å²) in [6, 6.07) is 7.65. The number of hydrogen-bond acceptors (Lipinski definition) is 5. The maximum Gasteiger partial charge on any atom is 0.246 e. The second-order valence-electron chi connectivity index (χ2n) is 10.2. The number of aliphatic hydroxyl groups excluding tert-OH is 1. The molecule has 0 radical (unpaired) electrons. The van der Waals surface area contributed by atoms with Crippen molar-refractivity contribution in [1.82, 2.24) is 10.6 Å². The average Bonchev–Trinajstić information content (AvgIpc) is 2.79. The van der Waals surface area contributed by atoms with Gasteiger partial charge in [-0.3, -0.25) is 9.59 Å². The molecule has 2 amide bonds. The van der Waals surface area contributed by atoms with Crippen LogP contribution in [0, 0.1) is 29.1 Å². The normalized spacial score (nSPS) is 32.4. The lowest BCUT2D eigenvalue weighted by atomic mass is 9.51. The van der Waals surface area contributed by atoms with E-state index in [9.17, 15) is 14.7 Å². The third-order valence-corrected chi connectivity index (χ3v) is 8.21. The largest absolute Gasteiger partial charge is 0.496 e. The van der Waals surface area contributed by atoms with Gasteiger partial charge in [-0.2, -0.15) is 0 Å². The van der Waals surface area contributed by atoms with Crippen molar-refractivity contribution in [1.29, 1.82) is 0 Å². The predicted octanol–water partition coefficient (Wildman–Crippen LogP) is 2.90. The molecule has 7 heteroatoms. The Labute approximate surface area is 197 Å². The zero-order chi connectivity index (χ0) is 24.2. The Morgan fingerprint density at radius 3 is 2.61 bits per heavy atom. The monoisotopic (exact) mass is 460 g/mol. The van der Waals surface area contributed by atoms with Gasteiger partial charge in [-0.1, -0.05) is 39.0 Å². The summed E-state index contributed by atoms with van der Waals surface area (Å²) < 4.78 is 10.3. The van der Waals surface area contributed by atoms with Crippen molar-refractivity contribution < 1.29 is 24.2 Å². The fourth-order valence-electron chi connectivity index (χ4n) is 6.26. The predicted molar refractivity (Wildman–Crippen MR) is 127 cm³/mol. The van der Waals surface area contributed by atoms with Crippen LogP contribution in [0.15, 0.2) is 24.3 Å². The minimum Gasteiger partial charge on any atom is -0.496 e. The van der Waals surface area contributed by atoms with Crippen LogP contribution in [0.5, 0.6) is 5.75 Å². The molecular formula is C26H40N2O5. The van der Waals surface area contributed by atoms with E-state index in [4.69, 9.17) is 9.47 Å². The van der Waals surface area contributed by atoms with E-state index in [0.29, 0.717) is 6.54 Å². The van der Waals surface area contributed by atoms with Crippen LogP contribution in [0.1, 0.15) is 52.0 Å². The molecule has 0 unspecified atom stereocenters. The molecule has 0 aromatic heterocycles. The van der Waals surface area contributed by atoms with Gasteiger partial charge in [-0.15, -0.1) is 0 Å². The molecule has 0 saturated heterocycles. The van der Waals surface area contributed by atoms with Gasteiger partial charge < -0.3 is 25.2 Å². The number of fused-ring (bicyclic) bond motifs is 1. The Hall–Kier alpha value is -2.12.